The van der Waals surface area contributed by atoms with Crippen molar-refractivity contribution in [1.29, 1.82) is 0 Å². The molecule has 1 atom stereocenters. The average Bonchev–Trinajstić information content (AvgIpc) is 3.04. The number of nitrogens with two attached hydrogens (primary N) is 1. The topological polar surface area (TPSA) is 59.1 Å². The van der Waals surface area contributed by atoms with E-state index in [2.05, 4.69) is 29.3 Å². The molecule has 0 radical (unpaired) electrons. The van der Waals surface area contributed by atoms with Gasteiger partial charge in [-0.25, -0.2) is 5.43 Å². The SMILES string of the molecule is CCN(CC)C1(C(NN)c2c(Cl)cnn2C)CCCC1. The molecule has 5 nitrogen and oxygen atoms in total. The van der Waals surface area contributed by atoms with Crippen molar-refractivity contribution in [1.82, 2.24) is 20.1 Å². The standard InChI is InChI=1S/C14H26ClN5/c1-4-20(5-2)14(8-6-7-9-14)13(18-16)12-11(15)10-17-19(12)3/h10,13,18H,4-9,16H2,1-3H3. The van der Waals surface area contributed by atoms with Crippen LogP contribution in [0.4, 0.5) is 0 Å². The number of rotatable bonds is 6. The maximum Gasteiger partial charge on any atom is 0.0835 e. The number of hydrogen-bond acceptors (Lipinski definition) is 4. The molecule has 1 aromatic heterocycles. The van der Waals surface area contributed by atoms with Crippen molar-refractivity contribution in [2.45, 2.75) is 51.1 Å². The second-order valence-electron chi connectivity index (χ2n) is 5.58. The summed E-state index contributed by atoms with van der Waals surface area (Å²) in [6.45, 7) is 6.46. The summed E-state index contributed by atoms with van der Waals surface area (Å²) in [5, 5.41) is 4.96. The molecule has 1 unspecified atom stereocenters. The second kappa shape index (κ2) is 6.43. The highest BCUT2D eigenvalue weighted by molar-refractivity contribution is 6.31. The smallest absolute Gasteiger partial charge is 0.0835 e. The van der Waals surface area contributed by atoms with Crippen LogP contribution < -0.4 is 11.3 Å². The Bertz CT molecular complexity index is 415. The Labute approximate surface area is 126 Å². The number of likely N-dealkylation sites (N-methyl/N-ethyl adjacent to an activating group) is 1. The van der Waals surface area contributed by atoms with E-state index in [-0.39, 0.29) is 11.6 Å². The van der Waals surface area contributed by atoms with Crippen LogP contribution in [0.1, 0.15) is 51.3 Å². The van der Waals surface area contributed by atoms with Gasteiger partial charge in [0.1, 0.15) is 0 Å². The van der Waals surface area contributed by atoms with Crippen molar-refractivity contribution in [3.63, 3.8) is 0 Å². The van der Waals surface area contributed by atoms with Crippen LogP contribution in [0, 0.1) is 0 Å². The number of hydrazine groups is 1. The van der Waals surface area contributed by atoms with Crippen LogP contribution in [-0.2, 0) is 7.05 Å². The summed E-state index contributed by atoms with van der Waals surface area (Å²) >= 11 is 6.35. The van der Waals surface area contributed by atoms with Gasteiger partial charge in [0.25, 0.3) is 0 Å². The van der Waals surface area contributed by atoms with Crippen molar-refractivity contribution in [3.8, 4) is 0 Å². The van der Waals surface area contributed by atoms with E-state index in [9.17, 15) is 0 Å². The Kier molecular flexibility index (Phi) is 5.07. The van der Waals surface area contributed by atoms with Crippen LogP contribution in [0.3, 0.4) is 0 Å². The van der Waals surface area contributed by atoms with E-state index >= 15 is 0 Å². The third-order valence-electron chi connectivity index (χ3n) is 4.78. The zero-order valence-corrected chi connectivity index (χ0v) is 13.5. The Morgan fingerprint density at radius 3 is 2.45 bits per heavy atom. The number of nitrogens with zero attached hydrogens (tertiary/aromatic N) is 3. The fourth-order valence-corrected chi connectivity index (χ4v) is 4.14. The van der Waals surface area contributed by atoms with Crippen molar-refractivity contribution in [2.75, 3.05) is 13.1 Å². The molecule has 0 aliphatic heterocycles. The van der Waals surface area contributed by atoms with Gasteiger partial charge in [-0.1, -0.05) is 38.3 Å². The average molecular weight is 300 g/mol. The highest BCUT2D eigenvalue weighted by Crippen LogP contribution is 2.45. The third-order valence-corrected chi connectivity index (χ3v) is 5.07. The van der Waals surface area contributed by atoms with Crippen LogP contribution in [0.5, 0.6) is 0 Å². The van der Waals surface area contributed by atoms with E-state index in [0.717, 1.165) is 31.6 Å². The first-order valence-electron chi connectivity index (χ1n) is 7.49. The highest BCUT2D eigenvalue weighted by Gasteiger charge is 2.47. The Morgan fingerprint density at radius 2 is 2.05 bits per heavy atom. The molecule has 1 heterocycles. The van der Waals surface area contributed by atoms with Gasteiger partial charge in [0.05, 0.1) is 23.0 Å². The molecule has 3 N–H and O–H groups in total. The van der Waals surface area contributed by atoms with Gasteiger partial charge >= 0.3 is 0 Å². The number of aromatic nitrogens is 2. The lowest BCUT2D eigenvalue weighted by Crippen LogP contribution is -2.56. The maximum atomic E-state index is 6.35. The molecule has 1 aliphatic rings. The lowest BCUT2D eigenvalue weighted by atomic mass is 9.84. The van der Waals surface area contributed by atoms with E-state index in [0.29, 0.717) is 5.02 Å². The van der Waals surface area contributed by atoms with Gasteiger partial charge in [0.15, 0.2) is 0 Å². The second-order valence-corrected chi connectivity index (χ2v) is 5.99. The van der Waals surface area contributed by atoms with Gasteiger partial charge in [-0.05, 0) is 25.9 Å². The molecule has 20 heavy (non-hydrogen) atoms. The normalized spacial score (nSPS) is 19.7. The summed E-state index contributed by atoms with van der Waals surface area (Å²) in [4.78, 5) is 2.52. The number of aryl methyl sites for hydroxylation is 1. The van der Waals surface area contributed by atoms with Gasteiger partial charge in [-0.2, -0.15) is 5.10 Å². The van der Waals surface area contributed by atoms with Gasteiger partial charge in [0, 0.05) is 12.6 Å². The third kappa shape index (κ3) is 2.48. The van der Waals surface area contributed by atoms with Gasteiger partial charge in [-0.15, -0.1) is 0 Å². The Morgan fingerprint density at radius 1 is 1.45 bits per heavy atom. The monoisotopic (exact) mass is 299 g/mol. The summed E-state index contributed by atoms with van der Waals surface area (Å²) in [6.07, 6.45) is 6.47. The Balaban J connectivity index is 2.46. The van der Waals surface area contributed by atoms with Crippen LogP contribution in [0.15, 0.2) is 6.20 Å². The quantitative estimate of drug-likeness (QED) is 0.625. The summed E-state index contributed by atoms with van der Waals surface area (Å²) < 4.78 is 1.84. The molecular formula is C14H26ClN5. The van der Waals surface area contributed by atoms with Crippen molar-refractivity contribution in [2.24, 2.45) is 12.9 Å². The molecule has 1 fully saturated rings. The minimum Gasteiger partial charge on any atom is -0.296 e. The minimum atomic E-state index is 0.00454. The van der Waals surface area contributed by atoms with Crippen molar-refractivity contribution >= 4 is 11.6 Å². The number of hydrogen-bond donors (Lipinski definition) is 2. The van der Waals surface area contributed by atoms with E-state index < -0.39 is 0 Å². The molecule has 0 aromatic carbocycles. The lowest BCUT2D eigenvalue weighted by Gasteiger charge is -2.46. The Hall–Kier alpha value is -0.620. The highest BCUT2D eigenvalue weighted by atomic mass is 35.5. The molecular weight excluding hydrogens is 274 g/mol. The summed E-state index contributed by atoms with van der Waals surface area (Å²) in [5.41, 5.74) is 4.06. The zero-order chi connectivity index (χ0) is 14.8. The molecule has 1 aliphatic carbocycles. The first kappa shape index (κ1) is 15.8. The molecule has 1 aromatic rings. The molecule has 0 bridgehead atoms. The summed E-state index contributed by atoms with van der Waals surface area (Å²) in [5.74, 6) is 5.94. The molecule has 0 spiro atoms. The predicted octanol–water partition coefficient (Wildman–Crippen LogP) is 2.23. The molecule has 0 saturated heterocycles. The van der Waals surface area contributed by atoms with E-state index in [1.165, 1.54) is 12.8 Å². The zero-order valence-electron chi connectivity index (χ0n) is 12.7. The largest absolute Gasteiger partial charge is 0.296 e. The van der Waals surface area contributed by atoms with E-state index in [1.54, 1.807) is 6.20 Å². The summed E-state index contributed by atoms with van der Waals surface area (Å²) in [6, 6.07) is 0.00454. The van der Waals surface area contributed by atoms with E-state index in [1.807, 2.05) is 11.7 Å². The van der Waals surface area contributed by atoms with Crippen LogP contribution in [-0.4, -0.2) is 33.3 Å². The van der Waals surface area contributed by atoms with E-state index in [4.69, 9.17) is 17.4 Å². The molecule has 1 saturated carbocycles. The van der Waals surface area contributed by atoms with Crippen LogP contribution in [0.2, 0.25) is 5.02 Å². The molecule has 114 valence electrons. The molecule has 0 amide bonds. The maximum absolute atomic E-state index is 6.35. The minimum absolute atomic E-state index is 0.00454. The lowest BCUT2D eigenvalue weighted by molar-refractivity contribution is 0.0596. The summed E-state index contributed by atoms with van der Waals surface area (Å²) in [7, 11) is 1.93. The van der Waals surface area contributed by atoms with Crippen molar-refractivity contribution in [3.05, 3.63) is 16.9 Å². The number of halogens is 1. The first-order chi connectivity index (χ1) is 9.60. The molecule has 2 rings (SSSR count). The van der Waals surface area contributed by atoms with Crippen LogP contribution >= 0.6 is 11.6 Å². The molecule has 6 heteroatoms. The fraction of sp³-hybridized carbons (Fsp3) is 0.786. The van der Waals surface area contributed by atoms with Crippen molar-refractivity contribution < 1.29 is 0 Å². The fourth-order valence-electron chi connectivity index (χ4n) is 3.86. The first-order valence-corrected chi connectivity index (χ1v) is 7.87. The number of nitrogens with one attached hydrogen (secondary N) is 1. The van der Waals surface area contributed by atoms with Crippen LogP contribution in [0.25, 0.3) is 0 Å². The van der Waals surface area contributed by atoms with Gasteiger partial charge in [0.2, 0.25) is 0 Å². The van der Waals surface area contributed by atoms with Gasteiger partial charge < -0.3 is 0 Å². The predicted molar refractivity (Wildman–Crippen MR) is 82.4 cm³/mol. The van der Waals surface area contributed by atoms with Gasteiger partial charge in [-0.3, -0.25) is 15.4 Å².